The summed E-state index contributed by atoms with van der Waals surface area (Å²) in [7, 11) is 0. The maximum absolute atomic E-state index is 11.9. The number of nitrogens with one attached hydrogen (secondary N) is 2. The van der Waals surface area contributed by atoms with Gasteiger partial charge in [0.15, 0.2) is 5.82 Å². The van der Waals surface area contributed by atoms with E-state index in [4.69, 9.17) is 16.0 Å². The molecular formula is C17H14ClN3O2S. The topological polar surface area (TPSA) is 70.9 Å². The predicted molar refractivity (Wildman–Crippen MR) is 95.4 cm³/mol. The normalized spacial score (nSPS) is 17.2. The van der Waals surface area contributed by atoms with Crippen LogP contribution in [0.3, 0.4) is 0 Å². The zero-order valence-corrected chi connectivity index (χ0v) is 14.4. The van der Waals surface area contributed by atoms with E-state index < -0.39 is 0 Å². The Labute approximate surface area is 147 Å². The van der Waals surface area contributed by atoms with Crippen LogP contribution < -0.4 is 5.32 Å². The minimum atomic E-state index is -0.103. The molecule has 1 aliphatic rings. The number of carbonyl (C=O) groups excluding carboxylic acids is 1. The summed E-state index contributed by atoms with van der Waals surface area (Å²) in [5, 5.41) is 10.5. The first-order valence-electron chi connectivity index (χ1n) is 7.44. The van der Waals surface area contributed by atoms with Crippen molar-refractivity contribution in [2.45, 2.75) is 12.2 Å². The van der Waals surface area contributed by atoms with Crippen LogP contribution in [0.4, 0.5) is 5.82 Å². The maximum atomic E-state index is 11.9. The average Bonchev–Trinajstić information content (AvgIpc) is 3.13. The van der Waals surface area contributed by atoms with E-state index in [2.05, 4.69) is 15.5 Å². The highest BCUT2D eigenvalue weighted by atomic mass is 35.5. The van der Waals surface area contributed by atoms with E-state index in [1.165, 1.54) is 11.8 Å². The fourth-order valence-electron chi connectivity index (χ4n) is 2.79. The van der Waals surface area contributed by atoms with Crippen LogP contribution in [-0.2, 0) is 4.79 Å². The first-order valence-corrected chi connectivity index (χ1v) is 8.87. The first kappa shape index (κ1) is 15.4. The number of fused-ring (bicyclic) bond motifs is 1. The molecule has 24 heavy (non-hydrogen) atoms. The third-order valence-corrected chi connectivity index (χ3v) is 5.48. The van der Waals surface area contributed by atoms with Gasteiger partial charge in [-0.25, -0.2) is 0 Å². The second kappa shape index (κ2) is 6.03. The van der Waals surface area contributed by atoms with Gasteiger partial charge in [-0.1, -0.05) is 23.7 Å². The quantitative estimate of drug-likeness (QED) is 0.711. The zero-order chi connectivity index (χ0) is 16.7. The van der Waals surface area contributed by atoms with Gasteiger partial charge in [-0.05, 0) is 31.2 Å². The molecule has 2 N–H and O–H groups in total. The molecule has 5 nitrogen and oxygen atoms in total. The molecule has 4 rings (SSSR count). The number of amides is 1. The SMILES string of the molecule is Cc1[nH]nc2c1[C@@H](c1ccc(-c3ccccc3Cl)o1)SCC(=O)N2. The zero-order valence-electron chi connectivity index (χ0n) is 12.8. The standard InChI is InChI=1S/C17H14ClN3O2S/c1-9-15-16(24-8-14(22)19-17(15)21-20-9)13-7-6-12(23-13)10-4-2-3-5-11(10)18/h2-7,16H,8H2,1H3,(H2,19,20,21,22)/t16-/m1/s1. The second-order valence-electron chi connectivity index (χ2n) is 5.53. The van der Waals surface area contributed by atoms with E-state index in [0.717, 1.165) is 22.6 Å². The van der Waals surface area contributed by atoms with Gasteiger partial charge < -0.3 is 9.73 Å². The lowest BCUT2D eigenvalue weighted by Crippen LogP contribution is -2.12. The molecule has 2 aromatic heterocycles. The van der Waals surface area contributed by atoms with E-state index >= 15 is 0 Å². The number of anilines is 1. The van der Waals surface area contributed by atoms with Crippen LogP contribution >= 0.6 is 23.4 Å². The average molecular weight is 360 g/mol. The minimum Gasteiger partial charge on any atom is -0.459 e. The molecule has 7 heteroatoms. The molecule has 0 bridgehead atoms. The van der Waals surface area contributed by atoms with Gasteiger partial charge in [-0.2, -0.15) is 5.10 Å². The first-order chi connectivity index (χ1) is 11.6. The Kier molecular flexibility index (Phi) is 3.86. The van der Waals surface area contributed by atoms with Crippen molar-refractivity contribution in [1.82, 2.24) is 10.2 Å². The Balaban J connectivity index is 1.76. The number of aryl methyl sites for hydroxylation is 1. The minimum absolute atomic E-state index is 0.0619. The Morgan fingerprint density at radius 3 is 2.96 bits per heavy atom. The Morgan fingerprint density at radius 2 is 2.12 bits per heavy atom. The summed E-state index contributed by atoms with van der Waals surface area (Å²) in [6.07, 6.45) is 0. The van der Waals surface area contributed by atoms with Crippen molar-refractivity contribution < 1.29 is 9.21 Å². The van der Waals surface area contributed by atoms with Gasteiger partial charge in [0.2, 0.25) is 5.91 Å². The van der Waals surface area contributed by atoms with Crippen LogP contribution in [0.2, 0.25) is 5.02 Å². The van der Waals surface area contributed by atoms with Gasteiger partial charge in [-0.15, -0.1) is 11.8 Å². The highest BCUT2D eigenvalue weighted by Gasteiger charge is 2.30. The highest BCUT2D eigenvalue weighted by Crippen LogP contribution is 2.44. The van der Waals surface area contributed by atoms with Gasteiger partial charge in [-0.3, -0.25) is 9.89 Å². The van der Waals surface area contributed by atoms with Gasteiger partial charge in [0, 0.05) is 16.8 Å². The number of hydrogen-bond donors (Lipinski definition) is 2. The molecule has 3 aromatic rings. The van der Waals surface area contributed by atoms with Crippen molar-refractivity contribution in [3.05, 3.63) is 58.4 Å². The Morgan fingerprint density at radius 1 is 1.29 bits per heavy atom. The Bertz CT molecular complexity index is 918. The number of nitrogens with zero attached hydrogens (tertiary/aromatic N) is 1. The van der Waals surface area contributed by atoms with E-state index in [-0.39, 0.29) is 11.2 Å². The summed E-state index contributed by atoms with van der Waals surface area (Å²) < 4.78 is 6.08. The predicted octanol–water partition coefficient (Wildman–Crippen LogP) is 4.41. The number of carbonyl (C=O) groups is 1. The number of H-pyrrole nitrogens is 1. The van der Waals surface area contributed by atoms with Crippen LogP contribution in [0.1, 0.15) is 22.3 Å². The third-order valence-electron chi connectivity index (χ3n) is 3.92. The van der Waals surface area contributed by atoms with E-state index in [1.54, 1.807) is 0 Å². The monoisotopic (exact) mass is 359 g/mol. The number of aromatic nitrogens is 2. The molecule has 1 aliphatic heterocycles. The number of benzene rings is 1. The van der Waals surface area contributed by atoms with Crippen molar-refractivity contribution in [3.63, 3.8) is 0 Å². The number of rotatable bonds is 2. The van der Waals surface area contributed by atoms with Crippen LogP contribution in [0, 0.1) is 6.92 Å². The lowest BCUT2D eigenvalue weighted by atomic mass is 10.1. The molecule has 122 valence electrons. The highest BCUT2D eigenvalue weighted by molar-refractivity contribution is 8.00. The third kappa shape index (κ3) is 2.61. The molecule has 0 spiro atoms. The van der Waals surface area contributed by atoms with Crippen LogP contribution in [0.15, 0.2) is 40.8 Å². The molecule has 1 aromatic carbocycles. The molecule has 3 heterocycles. The lowest BCUT2D eigenvalue weighted by Gasteiger charge is -2.11. The maximum Gasteiger partial charge on any atom is 0.235 e. The number of halogens is 1. The second-order valence-corrected chi connectivity index (χ2v) is 7.03. The fraction of sp³-hybridized carbons (Fsp3) is 0.176. The van der Waals surface area contributed by atoms with Gasteiger partial charge in [0.25, 0.3) is 0 Å². The summed E-state index contributed by atoms with van der Waals surface area (Å²) in [5.74, 6) is 2.35. The number of hydrogen-bond acceptors (Lipinski definition) is 4. The molecule has 0 unspecified atom stereocenters. The summed E-state index contributed by atoms with van der Waals surface area (Å²) in [6.45, 7) is 1.94. The van der Waals surface area contributed by atoms with E-state index in [1.807, 2.05) is 43.3 Å². The summed E-state index contributed by atoms with van der Waals surface area (Å²) in [5.41, 5.74) is 2.72. The molecule has 0 radical (unpaired) electrons. The summed E-state index contributed by atoms with van der Waals surface area (Å²) >= 11 is 7.77. The number of aromatic amines is 1. The molecule has 1 amide bonds. The smallest absolute Gasteiger partial charge is 0.235 e. The molecule has 0 saturated heterocycles. The van der Waals surface area contributed by atoms with Crippen LogP contribution in [-0.4, -0.2) is 21.9 Å². The molecular weight excluding hydrogens is 346 g/mol. The van der Waals surface area contributed by atoms with Crippen molar-refractivity contribution in [1.29, 1.82) is 0 Å². The largest absolute Gasteiger partial charge is 0.459 e. The van der Waals surface area contributed by atoms with Crippen molar-refractivity contribution in [2.75, 3.05) is 11.1 Å². The summed E-state index contributed by atoms with van der Waals surface area (Å²) in [4.78, 5) is 11.9. The van der Waals surface area contributed by atoms with Crippen molar-refractivity contribution in [3.8, 4) is 11.3 Å². The number of furan rings is 1. The van der Waals surface area contributed by atoms with Crippen molar-refractivity contribution >= 4 is 35.1 Å². The van der Waals surface area contributed by atoms with Crippen LogP contribution in [0.25, 0.3) is 11.3 Å². The number of thioether (sulfide) groups is 1. The van der Waals surface area contributed by atoms with Gasteiger partial charge in [0.1, 0.15) is 11.5 Å². The van der Waals surface area contributed by atoms with Crippen LogP contribution in [0.5, 0.6) is 0 Å². The van der Waals surface area contributed by atoms with Crippen molar-refractivity contribution in [2.24, 2.45) is 0 Å². The van der Waals surface area contributed by atoms with Gasteiger partial charge >= 0.3 is 0 Å². The summed E-state index contributed by atoms with van der Waals surface area (Å²) in [6, 6.07) is 11.4. The van der Waals surface area contributed by atoms with E-state index in [9.17, 15) is 4.79 Å². The van der Waals surface area contributed by atoms with Gasteiger partial charge in [0.05, 0.1) is 16.0 Å². The lowest BCUT2D eigenvalue weighted by molar-refractivity contribution is -0.113. The molecule has 0 aliphatic carbocycles. The Hall–Kier alpha value is -2.18. The molecule has 0 saturated carbocycles. The fourth-order valence-corrected chi connectivity index (χ4v) is 4.15. The molecule has 1 atom stereocenters. The molecule has 0 fully saturated rings. The van der Waals surface area contributed by atoms with E-state index in [0.29, 0.717) is 22.4 Å².